The first-order chi connectivity index (χ1) is 10.2. The van der Waals surface area contributed by atoms with E-state index in [1.165, 1.54) is 6.92 Å². The lowest BCUT2D eigenvalue weighted by atomic mass is 10.0. The zero-order valence-electron chi connectivity index (χ0n) is 15.0. The smallest absolute Gasteiger partial charge is 0.329 e. The molecule has 0 saturated heterocycles. The van der Waals surface area contributed by atoms with E-state index in [-0.39, 0.29) is 11.8 Å². The van der Waals surface area contributed by atoms with Crippen molar-refractivity contribution in [1.82, 2.24) is 4.90 Å². The number of likely N-dealkylation sites (N-methyl/N-ethyl adjacent to an activating group) is 1. The highest BCUT2D eigenvalue weighted by Crippen LogP contribution is 2.18. The second kappa shape index (κ2) is 10.4. The van der Waals surface area contributed by atoms with Crippen molar-refractivity contribution in [2.45, 2.75) is 59.6 Å². The molecule has 0 aliphatic carbocycles. The first-order valence-corrected chi connectivity index (χ1v) is 7.86. The van der Waals surface area contributed by atoms with Crippen molar-refractivity contribution in [2.24, 2.45) is 5.92 Å². The van der Waals surface area contributed by atoms with Gasteiger partial charge in [-0.2, -0.15) is 0 Å². The molecule has 2 unspecified atom stereocenters. The molecule has 2 atom stereocenters. The molecule has 0 fully saturated rings. The quantitative estimate of drug-likeness (QED) is 0.581. The molecule has 0 bridgehead atoms. The van der Waals surface area contributed by atoms with Crippen LogP contribution in [-0.4, -0.2) is 49.6 Å². The van der Waals surface area contributed by atoms with Gasteiger partial charge in [0.15, 0.2) is 11.9 Å². The second-order valence-corrected chi connectivity index (χ2v) is 5.98. The third-order valence-corrected chi connectivity index (χ3v) is 3.48. The number of ketones is 1. The second-order valence-electron chi connectivity index (χ2n) is 5.98. The van der Waals surface area contributed by atoms with Gasteiger partial charge in [-0.25, -0.2) is 4.79 Å². The number of hydrogen-bond acceptors (Lipinski definition) is 5. The monoisotopic (exact) mass is 313 g/mol. The number of allylic oxidation sites excluding steroid dienone is 1. The summed E-state index contributed by atoms with van der Waals surface area (Å²) in [7, 11) is 3.50. The van der Waals surface area contributed by atoms with E-state index in [2.05, 4.69) is 13.8 Å². The lowest BCUT2D eigenvalue weighted by Crippen LogP contribution is -2.42. The van der Waals surface area contributed by atoms with Crippen LogP contribution in [-0.2, 0) is 19.1 Å². The van der Waals surface area contributed by atoms with Crippen LogP contribution in [0.15, 0.2) is 11.8 Å². The van der Waals surface area contributed by atoms with Crippen LogP contribution in [0.5, 0.6) is 0 Å². The van der Waals surface area contributed by atoms with Gasteiger partial charge >= 0.3 is 5.97 Å². The van der Waals surface area contributed by atoms with Gasteiger partial charge in [-0.05, 0) is 32.6 Å². The molecular formula is C17H31NO4. The average molecular weight is 313 g/mol. The average Bonchev–Trinajstić information content (AvgIpc) is 2.43. The largest absolute Gasteiger partial charge is 0.453 e. The Morgan fingerprint density at radius 1 is 1.23 bits per heavy atom. The Kier molecular flexibility index (Phi) is 9.74. The molecule has 0 aromatic heterocycles. The van der Waals surface area contributed by atoms with E-state index >= 15 is 0 Å². The van der Waals surface area contributed by atoms with Crippen molar-refractivity contribution in [3.8, 4) is 0 Å². The van der Waals surface area contributed by atoms with Gasteiger partial charge in [0, 0.05) is 19.9 Å². The van der Waals surface area contributed by atoms with Gasteiger partial charge in [0.25, 0.3) is 0 Å². The molecule has 0 amide bonds. The fourth-order valence-electron chi connectivity index (χ4n) is 2.08. The number of carbonyl (C=O) groups excluding carboxylic acids is 2. The SMILES string of the molecule is CC/C=C(/COC)N(C)C(CC(C)C)C(=O)OC(C)C(C)=O. The van der Waals surface area contributed by atoms with E-state index in [9.17, 15) is 9.59 Å². The number of nitrogens with zero attached hydrogens (tertiary/aromatic N) is 1. The Hall–Kier alpha value is -1.36. The summed E-state index contributed by atoms with van der Waals surface area (Å²) in [6, 6.07) is -0.422. The van der Waals surface area contributed by atoms with Gasteiger partial charge in [-0.3, -0.25) is 4.79 Å². The van der Waals surface area contributed by atoms with Crippen LogP contribution in [0.2, 0.25) is 0 Å². The van der Waals surface area contributed by atoms with E-state index in [0.717, 1.165) is 12.1 Å². The Morgan fingerprint density at radius 2 is 1.82 bits per heavy atom. The third-order valence-electron chi connectivity index (χ3n) is 3.48. The summed E-state index contributed by atoms with van der Waals surface area (Å²) in [4.78, 5) is 25.7. The van der Waals surface area contributed by atoms with Crippen molar-refractivity contribution in [3.05, 3.63) is 11.8 Å². The molecule has 0 heterocycles. The maximum absolute atomic E-state index is 12.5. The summed E-state index contributed by atoms with van der Waals surface area (Å²) in [5.74, 6) is -0.185. The summed E-state index contributed by atoms with van der Waals surface area (Å²) in [6.07, 6.45) is 2.84. The van der Waals surface area contributed by atoms with Gasteiger partial charge in [-0.15, -0.1) is 0 Å². The van der Waals surface area contributed by atoms with Gasteiger partial charge in [0.1, 0.15) is 6.04 Å². The zero-order chi connectivity index (χ0) is 17.3. The van der Waals surface area contributed by atoms with E-state index in [0.29, 0.717) is 18.9 Å². The fraction of sp³-hybridized carbons (Fsp3) is 0.765. The standard InChI is InChI=1S/C17H31NO4/c1-8-9-15(11-21-7)18(6)16(10-12(2)3)17(20)22-14(5)13(4)19/h9,12,14,16H,8,10-11H2,1-7H3/b15-9-. The van der Waals surface area contributed by atoms with E-state index in [1.54, 1.807) is 14.0 Å². The highest BCUT2D eigenvalue weighted by Gasteiger charge is 2.29. The van der Waals surface area contributed by atoms with Crippen molar-refractivity contribution >= 4 is 11.8 Å². The van der Waals surface area contributed by atoms with E-state index in [4.69, 9.17) is 9.47 Å². The van der Waals surface area contributed by atoms with Crippen LogP contribution in [0.3, 0.4) is 0 Å². The highest BCUT2D eigenvalue weighted by molar-refractivity contribution is 5.84. The first-order valence-electron chi connectivity index (χ1n) is 7.86. The molecule has 128 valence electrons. The van der Waals surface area contributed by atoms with E-state index < -0.39 is 12.1 Å². The minimum atomic E-state index is -0.711. The normalized spacial score (nSPS) is 14.6. The van der Waals surface area contributed by atoms with Crippen LogP contribution in [0, 0.1) is 5.92 Å². The van der Waals surface area contributed by atoms with Gasteiger partial charge in [0.2, 0.25) is 0 Å². The lowest BCUT2D eigenvalue weighted by Gasteiger charge is -2.32. The predicted molar refractivity (Wildman–Crippen MR) is 87.5 cm³/mol. The molecule has 0 aliphatic rings. The van der Waals surface area contributed by atoms with Gasteiger partial charge < -0.3 is 14.4 Å². The molecule has 0 saturated carbocycles. The zero-order valence-corrected chi connectivity index (χ0v) is 15.0. The molecule has 0 radical (unpaired) electrons. The van der Waals surface area contributed by atoms with Gasteiger partial charge in [-0.1, -0.05) is 26.8 Å². The molecule has 0 rings (SSSR count). The van der Waals surface area contributed by atoms with E-state index in [1.807, 2.05) is 24.9 Å². The Morgan fingerprint density at radius 3 is 2.23 bits per heavy atom. The summed E-state index contributed by atoms with van der Waals surface area (Å²) in [6.45, 7) is 9.62. The fourth-order valence-corrected chi connectivity index (χ4v) is 2.08. The molecule has 0 aromatic carbocycles. The first kappa shape index (κ1) is 20.6. The number of rotatable bonds is 10. The minimum Gasteiger partial charge on any atom is -0.453 e. The number of esters is 1. The van der Waals surface area contributed by atoms with Crippen LogP contribution in [0.25, 0.3) is 0 Å². The van der Waals surface area contributed by atoms with Crippen molar-refractivity contribution in [2.75, 3.05) is 20.8 Å². The Bertz CT molecular complexity index is 390. The predicted octanol–water partition coefficient (Wildman–Crippen LogP) is 2.79. The maximum atomic E-state index is 12.5. The van der Waals surface area contributed by atoms with Crippen LogP contribution < -0.4 is 0 Å². The Labute approximate surface area is 134 Å². The number of ether oxygens (including phenoxy) is 2. The number of methoxy groups -OCH3 is 1. The summed E-state index contributed by atoms with van der Waals surface area (Å²) in [5.41, 5.74) is 0.947. The van der Waals surface area contributed by atoms with Gasteiger partial charge in [0.05, 0.1) is 6.61 Å². The van der Waals surface area contributed by atoms with Crippen molar-refractivity contribution < 1.29 is 19.1 Å². The van der Waals surface area contributed by atoms with Crippen LogP contribution in [0.1, 0.15) is 47.5 Å². The van der Waals surface area contributed by atoms with Crippen molar-refractivity contribution in [1.29, 1.82) is 0 Å². The lowest BCUT2D eigenvalue weighted by molar-refractivity contribution is -0.158. The van der Waals surface area contributed by atoms with Crippen LogP contribution in [0.4, 0.5) is 0 Å². The summed E-state index contributed by atoms with van der Waals surface area (Å²) >= 11 is 0. The maximum Gasteiger partial charge on any atom is 0.329 e. The minimum absolute atomic E-state index is 0.152. The molecule has 0 aliphatic heterocycles. The molecule has 0 aromatic rings. The number of hydrogen-bond donors (Lipinski definition) is 0. The summed E-state index contributed by atoms with van der Waals surface area (Å²) < 4.78 is 10.5. The summed E-state index contributed by atoms with van der Waals surface area (Å²) in [5, 5.41) is 0. The number of carbonyl (C=O) groups is 2. The van der Waals surface area contributed by atoms with Crippen LogP contribution >= 0.6 is 0 Å². The van der Waals surface area contributed by atoms with Crippen molar-refractivity contribution in [3.63, 3.8) is 0 Å². The molecule has 5 nitrogen and oxygen atoms in total. The Balaban J connectivity index is 5.20. The molecule has 0 spiro atoms. The molecule has 0 N–H and O–H groups in total. The topological polar surface area (TPSA) is 55.8 Å². The molecular weight excluding hydrogens is 282 g/mol. The molecule has 5 heteroatoms. The third kappa shape index (κ3) is 7.07. The highest BCUT2D eigenvalue weighted by atomic mass is 16.5. The number of Topliss-reactive ketones (excluding diaryl/α,β-unsaturated/α-hetero) is 1. The molecule has 22 heavy (non-hydrogen) atoms.